The first kappa shape index (κ1) is 18.0. The summed E-state index contributed by atoms with van der Waals surface area (Å²) in [6, 6.07) is 9.69. The topological polar surface area (TPSA) is 88.2 Å². The fourth-order valence-electron chi connectivity index (χ4n) is 3.22. The molecule has 0 aliphatic carbocycles. The molecule has 1 saturated heterocycles. The second kappa shape index (κ2) is 6.98. The summed E-state index contributed by atoms with van der Waals surface area (Å²) in [6.45, 7) is 4.04. The van der Waals surface area contributed by atoms with E-state index in [0.29, 0.717) is 40.2 Å². The molecule has 1 fully saturated rings. The van der Waals surface area contributed by atoms with Crippen LogP contribution in [-0.2, 0) is 0 Å². The van der Waals surface area contributed by atoms with Crippen LogP contribution in [0, 0.1) is 13.8 Å². The maximum absolute atomic E-state index is 12.9. The first-order valence-electron chi connectivity index (χ1n) is 8.88. The summed E-state index contributed by atoms with van der Waals surface area (Å²) in [5, 5.41) is 17.9. The molecule has 1 unspecified atom stereocenters. The van der Waals surface area contributed by atoms with Crippen molar-refractivity contribution in [3.8, 4) is 11.3 Å². The van der Waals surface area contributed by atoms with E-state index < -0.39 is 5.60 Å². The Hall–Kier alpha value is -2.38. The molecule has 0 radical (unpaired) electrons. The molecule has 1 aliphatic rings. The Bertz CT molecular complexity index is 992. The molecule has 1 aromatic carbocycles. The molecule has 1 amide bonds. The minimum Gasteiger partial charge on any atom is -0.387 e. The molecule has 6 nitrogen and oxygen atoms in total. The molecule has 3 aromatic rings. The Morgan fingerprint density at radius 2 is 2.11 bits per heavy atom. The predicted octanol–water partition coefficient (Wildman–Crippen LogP) is 3.10. The van der Waals surface area contributed by atoms with Crippen LogP contribution >= 0.6 is 11.8 Å². The van der Waals surface area contributed by atoms with Gasteiger partial charge in [0.25, 0.3) is 11.6 Å². The molecule has 0 saturated carbocycles. The number of hydrogen-bond acceptors (Lipinski definition) is 6. The Morgan fingerprint density at radius 1 is 1.33 bits per heavy atom. The SMILES string of the molecule is Cc1ccc(-c2cc(C(=O)NCC3(O)CCSC3)c3c(C)noc3n2)cc1. The Labute approximate surface area is 161 Å². The van der Waals surface area contributed by atoms with Crippen molar-refractivity contribution in [1.82, 2.24) is 15.5 Å². The van der Waals surface area contributed by atoms with Gasteiger partial charge in [0.15, 0.2) is 0 Å². The summed E-state index contributed by atoms with van der Waals surface area (Å²) < 4.78 is 5.33. The summed E-state index contributed by atoms with van der Waals surface area (Å²) in [5.74, 6) is 1.29. The number of benzene rings is 1. The number of pyridine rings is 1. The Kier molecular flexibility index (Phi) is 4.65. The number of nitrogens with one attached hydrogen (secondary N) is 1. The summed E-state index contributed by atoms with van der Waals surface area (Å²) >= 11 is 1.70. The lowest BCUT2D eigenvalue weighted by Gasteiger charge is -2.21. The number of aliphatic hydroxyl groups is 1. The highest BCUT2D eigenvalue weighted by atomic mass is 32.2. The van der Waals surface area contributed by atoms with Crippen LogP contribution in [0.15, 0.2) is 34.9 Å². The van der Waals surface area contributed by atoms with Crippen molar-refractivity contribution in [3.05, 3.63) is 47.2 Å². The summed E-state index contributed by atoms with van der Waals surface area (Å²) in [7, 11) is 0. The first-order valence-corrected chi connectivity index (χ1v) is 10.0. The lowest BCUT2D eigenvalue weighted by molar-refractivity contribution is 0.0613. The molecule has 27 heavy (non-hydrogen) atoms. The zero-order valence-corrected chi connectivity index (χ0v) is 16.1. The van der Waals surface area contributed by atoms with Gasteiger partial charge in [-0.3, -0.25) is 4.79 Å². The predicted molar refractivity (Wildman–Crippen MR) is 106 cm³/mol. The minimum atomic E-state index is -0.837. The minimum absolute atomic E-state index is 0.229. The number of rotatable bonds is 4. The lowest BCUT2D eigenvalue weighted by Crippen LogP contribution is -2.43. The van der Waals surface area contributed by atoms with Gasteiger partial charge in [-0.05, 0) is 32.1 Å². The van der Waals surface area contributed by atoms with Crippen LogP contribution in [0.1, 0.15) is 28.0 Å². The van der Waals surface area contributed by atoms with Crippen molar-refractivity contribution < 1.29 is 14.4 Å². The molecule has 0 bridgehead atoms. The number of thioether (sulfide) groups is 1. The third-order valence-corrected chi connectivity index (χ3v) is 6.10. The molecular weight excluding hydrogens is 362 g/mol. The Morgan fingerprint density at radius 3 is 2.81 bits per heavy atom. The largest absolute Gasteiger partial charge is 0.387 e. The van der Waals surface area contributed by atoms with Gasteiger partial charge in [-0.1, -0.05) is 35.0 Å². The number of fused-ring (bicyclic) bond motifs is 1. The van der Waals surface area contributed by atoms with E-state index >= 15 is 0 Å². The molecule has 0 spiro atoms. The third kappa shape index (κ3) is 3.57. The normalized spacial score (nSPS) is 19.5. The quantitative estimate of drug-likeness (QED) is 0.720. The zero-order chi connectivity index (χ0) is 19.0. The van der Waals surface area contributed by atoms with Crippen LogP contribution < -0.4 is 5.32 Å². The van der Waals surface area contributed by atoms with Crippen LogP contribution in [0.25, 0.3) is 22.4 Å². The molecule has 7 heteroatoms. The average molecular weight is 383 g/mol. The maximum atomic E-state index is 12.9. The lowest BCUT2D eigenvalue weighted by atomic mass is 10.0. The molecule has 2 aromatic heterocycles. The average Bonchev–Trinajstić information content (AvgIpc) is 3.26. The molecule has 2 N–H and O–H groups in total. The molecule has 3 heterocycles. The highest BCUT2D eigenvalue weighted by Crippen LogP contribution is 2.29. The smallest absolute Gasteiger partial charge is 0.259 e. The molecule has 140 valence electrons. The van der Waals surface area contributed by atoms with E-state index in [9.17, 15) is 9.90 Å². The highest BCUT2D eigenvalue weighted by Gasteiger charge is 2.32. The van der Waals surface area contributed by atoms with Gasteiger partial charge >= 0.3 is 0 Å². The van der Waals surface area contributed by atoms with E-state index in [1.807, 2.05) is 31.2 Å². The molecule has 1 aliphatic heterocycles. The fraction of sp³-hybridized carbons (Fsp3) is 0.350. The van der Waals surface area contributed by atoms with Gasteiger partial charge in [-0.2, -0.15) is 11.8 Å². The Balaban J connectivity index is 1.70. The molecular formula is C20H21N3O3S. The number of nitrogens with zero attached hydrogens (tertiary/aromatic N) is 2. The van der Waals surface area contributed by atoms with Crippen LogP contribution in [0.3, 0.4) is 0 Å². The summed E-state index contributed by atoms with van der Waals surface area (Å²) in [6.07, 6.45) is 0.685. The number of amides is 1. The fourth-order valence-corrected chi connectivity index (χ4v) is 4.52. The second-order valence-electron chi connectivity index (χ2n) is 7.08. The van der Waals surface area contributed by atoms with Crippen LogP contribution in [-0.4, -0.2) is 44.8 Å². The van der Waals surface area contributed by atoms with E-state index in [1.54, 1.807) is 24.8 Å². The van der Waals surface area contributed by atoms with Crippen LogP contribution in [0.2, 0.25) is 0 Å². The van der Waals surface area contributed by atoms with E-state index in [2.05, 4.69) is 15.5 Å². The monoisotopic (exact) mass is 383 g/mol. The number of aromatic nitrogens is 2. The van der Waals surface area contributed by atoms with Gasteiger partial charge in [0, 0.05) is 17.9 Å². The number of aryl methyl sites for hydroxylation is 2. The van der Waals surface area contributed by atoms with Gasteiger partial charge in [0.1, 0.15) is 0 Å². The van der Waals surface area contributed by atoms with Crippen molar-refractivity contribution in [2.75, 3.05) is 18.1 Å². The maximum Gasteiger partial charge on any atom is 0.259 e. The summed E-state index contributed by atoms with van der Waals surface area (Å²) in [4.78, 5) is 17.4. The first-order chi connectivity index (χ1) is 13.0. The van der Waals surface area contributed by atoms with Crippen molar-refractivity contribution in [2.45, 2.75) is 25.9 Å². The van der Waals surface area contributed by atoms with Crippen molar-refractivity contribution in [3.63, 3.8) is 0 Å². The van der Waals surface area contributed by atoms with Gasteiger partial charge in [0.05, 0.1) is 27.9 Å². The van der Waals surface area contributed by atoms with Gasteiger partial charge in [0.2, 0.25) is 0 Å². The highest BCUT2D eigenvalue weighted by molar-refractivity contribution is 7.99. The van der Waals surface area contributed by atoms with Gasteiger partial charge < -0.3 is 14.9 Å². The number of carbonyl (C=O) groups excluding carboxylic acids is 1. The van der Waals surface area contributed by atoms with Crippen molar-refractivity contribution >= 4 is 28.8 Å². The van der Waals surface area contributed by atoms with Gasteiger partial charge in [-0.25, -0.2) is 4.98 Å². The third-order valence-electron chi connectivity index (χ3n) is 4.87. The van der Waals surface area contributed by atoms with Crippen LogP contribution in [0.5, 0.6) is 0 Å². The summed E-state index contributed by atoms with van der Waals surface area (Å²) in [5.41, 5.74) is 3.28. The molecule has 1 atom stereocenters. The molecule has 4 rings (SSSR count). The van der Waals surface area contributed by atoms with Crippen molar-refractivity contribution in [2.24, 2.45) is 0 Å². The van der Waals surface area contributed by atoms with Crippen LogP contribution in [0.4, 0.5) is 0 Å². The van der Waals surface area contributed by atoms with E-state index in [4.69, 9.17) is 4.52 Å². The number of hydrogen-bond donors (Lipinski definition) is 2. The van der Waals surface area contributed by atoms with E-state index in [0.717, 1.165) is 16.9 Å². The second-order valence-corrected chi connectivity index (χ2v) is 8.18. The zero-order valence-electron chi connectivity index (χ0n) is 15.3. The van der Waals surface area contributed by atoms with Gasteiger partial charge in [-0.15, -0.1) is 0 Å². The van der Waals surface area contributed by atoms with E-state index in [-0.39, 0.29) is 12.5 Å². The standard InChI is InChI=1S/C20H21N3O3S/c1-12-3-5-14(6-4-12)16-9-15(17-13(2)23-26-19(17)22-16)18(24)21-10-20(25)7-8-27-11-20/h3-6,9,25H,7-8,10-11H2,1-2H3,(H,21,24). The van der Waals surface area contributed by atoms with E-state index in [1.165, 1.54) is 0 Å². The number of carbonyl (C=O) groups is 1. The van der Waals surface area contributed by atoms with Crippen molar-refractivity contribution in [1.29, 1.82) is 0 Å².